The van der Waals surface area contributed by atoms with Crippen molar-refractivity contribution in [3.8, 4) is 0 Å². The Kier molecular flexibility index (Phi) is 4.45. The fraction of sp³-hybridized carbons (Fsp3) is 0.231. The van der Waals surface area contributed by atoms with Gasteiger partial charge in [0.25, 0.3) is 0 Å². The van der Waals surface area contributed by atoms with Crippen molar-refractivity contribution in [2.75, 3.05) is 6.54 Å². The Hall–Kier alpha value is -0.810. The molecule has 3 nitrogen and oxygen atoms in total. The van der Waals surface area contributed by atoms with Gasteiger partial charge in [-0.15, -0.1) is 0 Å². The van der Waals surface area contributed by atoms with Crippen LogP contribution in [0.5, 0.6) is 0 Å². The minimum Gasteiger partial charge on any atom is -0.452 e. The van der Waals surface area contributed by atoms with Gasteiger partial charge in [0.1, 0.15) is 11.9 Å². The molecule has 5 heteroatoms. The van der Waals surface area contributed by atoms with Crippen LogP contribution in [0.15, 0.2) is 45.5 Å². The molecule has 0 bridgehead atoms. The molecule has 2 aromatic rings. The molecule has 3 N–H and O–H groups in total. The molecule has 0 aliphatic rings. The van der Waals surface area contributed by atoms with E-state index >= 15 is 0 Å². The first-order valence-corrected chi connectivity index (χ1v) is 6.68. The lowest BCUT2D eigenvalue weighted by atomic mass is 9.92. The molecule has 0 saturated heterocycles. The van der Waals surface area contributed by atoms with E-state index in [1.165, 1.54) is 0 Å². The summed E-state index contributed by atoms with van der Waals surface area (Å²) in [5, 5.41) is 10.9. The van der Waals surface area contributed by atoms with Gasteiger partial charge in [-0.3, -0.25) is 0 Å². The van der Waals surface area contributed by atoms with Crippen LogP contribution in [0.4, 0.5) is 0 Å². The van der Waals surface area contributed by atoms with Crippen molar-refractivity contribution in [3.63, 3.8) is 0 Å². The normalized spacial score (nSPS) is 14.4. The van der Waals surface area contributed by atoms with Gasteiger partial charge in [-0.05, 0) is 39.7 Å². The molecule has 1 aromatic heterocycles. The molecule has 0 aliphatic carbocycles. The highest BCUT2D eigenvalue weighted by Gasteiger charge is 2.25. The quantitative estimate of drug-likeness (QED) is 0.902. The maximum atomic E-state index is 10.3. The van der Waals surface area contributed by atoms with Crippen LogP contribution in [-0.2, 0) is 0 Å². The summed E-state index contributed by atoms with van der Waals surface area (Å²) in [6, 6.07) is 10.8. The predicted molar refractivity (Wildman–Crippen MR) is 74.6 cm³/mol. The van der Waals surface area contributed by atoms with E-state index in [4.69, 9.17) is 21.8 Å². The number of aliphatic hydroxyl groups is 1. The average molecular weight is 331 g/mol. The van der Waals surface area contributed by atoms with Crippen molar-refractivity contribution in [2.24, 2.45) is 5.73 Å². The van der Waals surface area contributed by atoms with Crippen molar-refractivity contribution in [1.29, 1.82) is 0 Å². The van der Waals surface area contributed by atoms with Gasteiger partial charge in [0.2, 0.25) is 0 Å². The average Bonchev–Trinajstić information content (AvgIpc) is 2.79. The summed E-state index contributed by atoms with van der Waals surface area (Å²) in [6.07, 6.45) is -0.818. The first kappa shape index (κ1) is 13.6. The Labute approximate surface area is 119 Å². The molecular formula is C13H13BrClNO2. The molecule has 0 spiro atoms. The topological polar surface area (TPSA) is 59.4 Å². The number of nitrogens with two attached hydrogens (primary N) is 1. The zero-order chi connectivity index (χ0) is 13.1. The molecular weight excluding hydrogens is 318 g/mol. The molecule has 2 atom stereocenters. The third kappa shape index (κ3) is 2.78. The minimum absolute atomic E-state index is 0.281. The zero-order valence-corrected chi connectivity index (χ0v) is 11.9. The third-order valence-electron chi connectivity index (χ3n) is 2.83. The van der Waals surface area contributed by atoms with E-state index < -0.39 is 6.10 Å². The van der Waals surface area contributed by atoms with Gasteiger partial charge in [-0.2, -0.15) is 0 Å². The van der Waals surface area contributed by atoms with Crippen molar-refractivity contribution < 1.29 is 9.52 Å². The van der Waals surface area contributed by atoms with E-state index in [1.807, 2.05) is 18.2 Å². The fourth-order valence-corrected chi connectivity index (χ4v) is 2.48. The van der Waals surface area contributed by atoms with Crippen LogP contribution in [0.2, 0.25) is 5.02 Å². The maximum absolute atomic E-state index is 10.3. The van der Waals surface area contributed by atoms with Crippen LogP contribution in [0.25, 0.3) is 0 Å². The van der Waals surface area contributed by atoms with E-state index in [1.54, 1.807) is 18.2 Å². The second-order valence-electron chi connectivity index (χ2n) is 3.95. The Balaban J connectivity index is 2.32. The summed E-state index contributed by atoms with van der Waals surface area (Å²) in [5.41, 5.74) is 6.57. The van der Waals surface area contributed by atoms with Crippen LogP contribution >= 0.6 is 27.5 Å². The van der Waals surface area contributed by atoms with Crippen LogP contribution in [0, 0.1) is 0 Å². The van der Waals surface area contributed by atoms with E-state index in [0.717, 1.165) is 5.56 Å². The third-order valence-corrected chi connectivity index (χ3v) is 3.60. The number of furan rings is 1. The maximum Gasteiger partial charge on any atom is 0.169 e. The van der Waals surface area contributed by atoms with Crippen molar-refractivity contribution in [2.45, 2.75) is 12.0 Å². The summed E-state index contributed by atoms with van der Waals surface area (Å²) < 4.78 is 5.93. The van der Waals surface area contributed by atoms with Crippen LogP contribution in [-0.4, -0.2) is 11.7 Å². The molecule has 2 rings (SSSR count). The van der Waals surface area contributed by atoms with Crippen molar-refractivity contribution in [1.82, 2.24) is 0 Å². The lowest BCUT2D eigenvalue weighted by Crippen LogP contribution is -2.20. The van der Waals surface area contributed by atoms with E-state index in [2.05, 4.69) is 15.9 Å². The number of rotatable bonds is 4. The second kappa shape index (κ2) is 5.89. The smallest absolute Gasteiger partial charge is 0.169 e. The largest absolute Gasteiger partial charge is 0.452 e. The molecule has 1 aromatic carbocycles. The van der Waals surface area contributed by atoms with Gasteiger partial charge in [0, 0.05) is 17.5 Å². The first-order valence-electron chi connectivity index (χ1n) is 5.51. The molecule has 0 fully saturated rings. The van der Waals surface area contributed by atoms with Gasteiger partial charge < -0.3 is 15.3 Å². The number of halogens is 2. The highest BCUT2D eigenvalue weighted by atomic mass is 79.9. The van der Waals surface area contributed by atoms with Crippen LogP contribution < -0.4 is 5.73 Å². The number of hydrogen-bond acceptors (Lipinski definition) is 3. The second-order valence-corrected chi connectivity index (χ2v) is 5.14. The molecule has 0 saturated carbocycles. The van der Waals surface area contributed by atoms with Gasteiger partial charge in [-0.25, -0.2) is 0 Å². The monoisotopic (exact) mass is 329 g/mol. The lowest BCUT2D eigenvalue weighted by Gasteiger charge is -2.21. The number of hydrogen-bond donors (Lipinski definition) is 2. The van der Waals surface area contributed by atoms with E-state index in [0.29, 0.717) is 15.5 Å². The SMILES string of the molecule is NCC(c1ccccc1Cl)C(O)c1ccc(Br)o1. The Morgan fingerprint density at radius 2 is 2.00 bits per heavy atom. The lowest BCUT2D eigenvalue weighted by molar-refractivity contribution is 0.120. The van der Waals surface area contributed by atoms with Crippen molar-refractivity contribution in [3.05, 3.63) is 57.4 Å². The van der Waals surface area contributed by atoms with Gasteiger partial charge in [0.15, 0.2) is 4.67 Å². The Bertz CT molecular complexity index is 529. The molecule has 0 amide bonds. The Morgan fingerprint density at radius 1 is 1.28 bits per heavy atom. The molecule has 1 heterocycles. The van der Waals surface area contributed by atoms with Gasteiger partial charge >= 0.3 is 0 Å². The first-order chi connectivity index (χ1) is 8.63. The molecule has 0 aliphatic heterocycles. The molecule has 2 unspecified atom stereocenters. The van der Waals surface area contributed by atoms with Crippen molar-refractivity contribution >= 4 is 27.5 Å². The molecule has 96 valence electrons. The van der Waals surface area contributed by atoms with E-state index in [9.17, 15) is 5.11 Å². The summed E-state index contributed by atoms with van der Waals surface area (Å²) in [7, 11) is 0. The fourth-order valence-electron chi connectivity index (χ4n) is 1.89. The minimum atomic E-state index is -0.818. The predicted octanol–water partition coefficient (Wildman–Crippen LogP) is 3.47. The number of aliphatic hydroxyl groups excluding tert-OH is 1. The van der Waals surface area contributed by atoms with Gasteiger partial charge in [0.05, 0.1) is 0 Å². The summed E-state index contributed by atoms with van der Waals surface area (Å²) >= 11 is 9.34. The highest BCUT2D eigenvalue weighted by Crippen LogP contribution is 2.35. The number of benzene rings is 1. The van der Waals surface area contributed by atoms with Crippen LogP contribution in [0.3, 0.4) is 0 Å². The molecule has 18 heavy (non-hydrogen) atoms. The molecule has 0 radical (unpaired) electrons. The zero-order valence-electron chi connectivity index (χ0n) is 9.51. The van der Waals surface area contributed by atoms with Crippen LogP contribution in [0.1, 0.15) is 23.3 Å². The standard InChI is InChI=1S/C13H13BrClNO2/c14-12-6-5-11(18-12)13(17)9(7-16)8-3-1-2-4-10(8)15/h1-6,9,13,17H,7,16H2. The Morgan fingerprint density at radius 3 is 2.56 bits per heavy atom. The summed E-state index contributed by atoms with van der Waals surface area (Å²) in [4.78, 5) is 0. The summed E-state index contributed by atoms with van der Waals surface area (Å²) in [5.74, 6) is 0.175. The highest BCUT2D eigenvalue weighted by molar-refractivity contribution is 9.10. The van der Waals surface area contributed by atoms with Gasteiger partial charge in [-0.1, -0.05) is 29.8 Å². The van der Waals surface area contributed by atoms with E-state index in [-0.39, 0.29) is 12.5 Å². The summed E-state index contributed by atoms with van der Waals surface area (Å²) in [6.45, 7) is 0.281.